The zero-order valence-electron chi connectivity index (χ0n) is 22.6. The van der Waals surface area contributed by atoms with Crippen LogP contribution < -0.4 is 20.1 Å². The summed E-state index contributed by atoms with van der Waals surface area (Å²) in [6, 6.07) is 24.5. The van der Waals surface area contributed by atoms with Crippen molar-refractivity contribution < 1.29 is 19.1 Å². The van der Waals surface area contributed by atoms with E-state index in [2.05, 4.69) is 17.6 Å². The third kappa shape index (κ3) is 9.92. The van der Waals surface area contributed by atoms with E-state index in [1.807, 2.05) is 78.9 Å². The SMILES string of the molecule is CCCCCCCCOc1ccc(C(NC(=O)Cc2ccccc2)NC(=O)Cc2ccccc2)cc1OC. The van der Waals surface area contributed by atoms with E-state index in [9.17, 15) is 9.59 Å². The minimum Gasteiger partial charge on any atom is -0.493 e. The molecule has 0 aliphatic heterocycles. The summed E-state index contributed by atoms with van der Waals surface area (Å²) in [5.74, 6) is 0.829. The van der Waals surface area contributed by atoms with E-state index in [-0.39, 0.29) is 24.7 Å². The number of hydrogen-bond donors (Lipinski definition) is 2. The van der Waals surface area contributed by atoms with Crippen molar-refractivity contribution in [3.8, 4) is 11.5 Å². The standard InChI is InChI=1S/C32H40N2O4/c1-3-4-5-6-7-14-21-38-28-20-19-27(24-29(28)37-2)32(33-30(35)22-25-15-10-8-11-16-25)34-31(36)23-26-17-12-9-13-18-26/h8-13,15-20,24,32H,3-7,14,21-23H2,1-2H3,(H,33,35)(H,34,36). The van der Waals surface area contributed by atoms with Gasteiger partial charge in [0.1, 0.15) is 6.17 Å². The Labute approximate surface area is 226 Å². The first-order chi connectivity index (χ1) is 18.6. The van der Waals surface area contributed by atoms with E-state index in [0.29, 0.717) is 23.7 Å². The van der Waals surface area contributed by atoms with Crippen LogP contribution in [0.25, 0.3) is 0 Å². The van der Waals surface area contributed by atoms with Crippen molar-refractivity contribution in [2.24, 2.45) is 0 Å². The number of carbonyl (C=O) groups excluding carboxylic acids is 2. The molecule has 2 amide bonds. The summed E-state index contributed by atoms with van der Waals surface area (Å²) >= 11 is 0. The molecule has 3 rings (SSSR count). The van der Waals surface area contributed by atoms with Crippen molar-refractivity contribution in [3.63, 3.8) is 0 Å². The number of nitrogens with one attached hydrogen (secondary N) is 2. The number of hydrogen-bond acceptors (Lipinski definition) is 4. The molecule has 2 N–H and O–H groups in total. The van der Waals surface area contributed by atoms with Gasteiger partial charge in [0.2, 0.25) is 11.8 Å². The highest BCUT2D eigenvalue weighted by Crippen LogP contribution is 2.30. The number of amides is 2. The molecule has 0 unspecified atom stereocenters. The predicted octanol–water partition coefficient (Wildman–Crippen LogP) is 6.15. The van der Waals surface area contributed by atoms with Gasteiger partial charge in [-0.2, -0.15) is 0 Å². The highest BCUT2D eigenvalue weighted by molar-refractivity contribution is 5.82. The minimum atomic E-state index is -0.719. The number of carbonyl (C=O) groups is 2. The van der Waals surface area contributed by atoms with Crippen molar-refractivity contribution >= 4 is 11.8 Å². The van der Waals surface area contributed by atoms with Gasteiger partial charge in [0.05, 0.1) is 26.6 Å². The number of ether oxygens (including phenoxy) is 2. The molecule has 0 bridgehead atoms. The zero-order valence-corrected chi connectivity index (χ0v) is 22.6. The van der Waals surface area contributed by atoms with Gasteiger partial charge in [0.25, 0.3) is 0 Å². The molecule has 0 atom stereocenters. The molecule has 0 aliphatic rings. The van der Waals surface area contributed by atoms with E-state index in [0.717, 1.165) is 24.0 Å². The van der Waals surface area contributed by atoms with Crippen LogP contribution in [-0.2, 0) is 22.4 Å². The van der Waals surface area contributed by atoms with Crippen LogP contribution >= 0.6 is 0 Å². The predicted molar refractivity (Wildman–Crippen MR) is 151 cm³/mol. The van der Waals surface area contributed by atoms with Crippen LogP contribution in [0.3, 0.4) is 0 Å². The Morgan fingerprint density at radius 2 is 1.26 bits per heavy atom. The van der Waals surface area contributed by atoms with Gasteiger partial charge >= 0.3 is 0 Å². The second-order valence-corrected chi connectivity index (χ2v) is 9.42. The Balaban J connectivity index is 1.68. The maximum Gasteiger partial charge on any atom is 0.226 e. The van der Waals surface area contributed by atoms with Gasteiger partial charge in [-0.1, -0.05) is 106 Å². The molecule has 0 aromatic heterocycles. The summed E-state index contributed by atoms with van der Waals surface area (Å²) in [6.45, 7) is 2.83. The molecule has 3 aromatic rings. The van der Waals surface area contributed by atoms with Gasteiger partial charge in [-0.25, -0.2) is 0 Å². The Hall–Kier alpha value is -3.80. The van der Waals surface area contributed by atoms with E-state index in [4.69, 9.17) is 9.47 Å². The number of methoxy groups -OCH3 is 1. The van der Waals surface area contributed by atoms with Crippen molar-refractivity contribution in [2.45, 2.75) is 64.5 Å². The molecule has 0 spiro atoms. The van der Waals surface area contributed by atoms with Crippen molar-refractivity contribution in [1.82, 2.24) is 10.6 Å². The number of unbranched alkanes of at least 4 members (excludes halogenated alkanes) is 5. The molecule has 0 saturated carbocycles. The van der Waals surface area contributed by atoms with E-state index in [1.165, 1.54) is 25.7 Å². The quantitative estimate of drug-likeness (QED) is 0.177. The van der Waals surface area contributed by atoms with Crippen LogP contribution in [0.5, 0.6) is 11.5 Å². The zero-order chi connectivity index (χ0) is 27.0. The summed E-state index contributed by atoms with van der Waals surface area (Å²) in [7, 11) is 1.59. The first kappa shape index (κ1) is 28.8. The molecule has 0 fully saturated rings. The Morgan fingerprint density at radius 1 is 0.711 bits per heavy atom. The normalized spacial score (nSPS) is 10.7. The molecule has 38 heavy (non-hydrogen) atoms. The van der Waals surface area contributed by atoms with Crippen molar-refractivity contribution in [3.05, 3.63) is 95.6 Å². The highest BCUT2D eigenvalue weighted by atomic mass is 16.5. The molecular weight excluding hydrogens is 476 g/mol. The Kier molecular flexibility index (Phi) is 12.2. The summed E-state index contributed by atoms with van der Waals surface area (Å²) < 4.78 is 11.6. The van der Waals surface area contributed by atoms with Crippen LogP contribution in [0.2, 0.25) is 0 Å². The topological polar surface area (TPSA) is 76.7 Å². The lowest BCUT2D eigenvalue weighted by molar-refractivity contribution is -0.123. The summed E-state index contributed by atoms with van der Waals surface area (Å²) in [4.78, 5) is 25.8. The summed E-state index contributed by atoms with van der Waals surface area (Å²) in [5, 5.41) is 5.96. The second kappa shape index (κ2) is 16.1. The van der Waals surface area contributed by atoms with Crippen LogP contribution in [0.4, 0.5) is 0 Å². The lowest BCUT2D eigenvalue weighted by Crippen LogP contribution is -2.42. The van der Waals surface area contributed by atoms with Crippen LogP contribution in [-0.4, -0.2) is 25.5 Å². The lowest BCUT2D eigenvalue weighted by atomic mass is 10.1. The average Bonchev–Trinajstić information content (AvgIpc) is 2.93. The Bertz CT molecular complexity index is 1060. The van der Waals surface area contributed by atoms with Gasteiger partial charge in [0.15, 0.2) is 11.5 Å². The first-order valence-corrected chi connectivity index (χ1v) is 13.6. The third-order valence-electron chi connectivity index (χ3n) is 6.30. The highest BCUT2D eigenvalue weighted by Gasteiger charge is 2.20. The second-order valence-electron chi connectivity index (χ2n) is 9.42. The fourth-order valence-corrected chi connectivity index (χ4v) is 4.24. The fraction of sp³-hybridized carbons (Fsp3) is 0.375. The van der Waals surface area contributed by atoms with Gasteiger partial charge in [-0.3, -0.25) is 9.59 Å². The lowest BCUT2D eigenvalue weighted by Gasteiger charge is -2.22. The smallest absolute Gasteiger partial charge is 0.226 e. The molecular formula is C32H40N2O4. The molecule has 3 aromatic carbocycles. The van der Waals surface area contributed by atoms with Gasteiger partial charge in [0, 0.05) is 0 Å². The molecule has 0 radical (unpaired) electrons. The van der Waals surface area contributed by atoms with Crippen molar-refractivity contribution in [2.75, 3.05) is 13.7 Å². The first-order valence-electron chi connectivity index (χ1n) is 13.6. The van der Waals surface area contributed by atoms with Crippen LogP contribution in [0.15, 0.2) is 78.9 Å². The Morgan fingerprint density at radius 3 is 1.82 bits per heavy atom. The van der Waals surface area contributed by atoms with Gasteiger partial charge in [-0.15, -0.1) is 0 Å². The van der Waals surface area contributed by atoms with Gasteiger partial charge < -0.3 is 20.1 Å². The van der Waals surface area contributed by atoms with E-state index in [1.54, 1.807) is 7.11 Å². The average molecular weight is 517 g/mol. The molecule has 202 valence electrons. The largest absolute Gasteiger partial charge is 0.493 e. The van der Waals surface area contributed by atoms with E-state index >= 15 is 0 Å². The maximum absolute atomic E-state index is 12.9. The molecule has 0 aliphatic carbocycles. The summed E-state index contributed by atoms with van der Waals surface area (Å²) in [6.07, 6.45) is 6.84. The van der Waals surface area contributed by atoms with Gasteiger partial charge in [-0.05, 0) is 35.2 Å². The van der Waals surface area contributed by atoms with Crippen LogP contribution in [0, 0.1) is 0 Å². The third-order valence-corrected chi connectivity index (χ3v) is 6.30. The molecule has 0 heterocycles. The minimum absolute atomic E-state index is 0.191. The monoisotopic (exact) mass is 516 g/mol. The maximum atomic E-state index is 12.9. The molecule has 0 saturated heterocycles. The van der Waals surface area contributed by atoms with Crippen LogP contribution in [0.1, 0.15) is 68.3 Å². The number of rotatable bonds is 16. The molecule has 6 nitrogen and oxygen atoms in total. The van der Waals surface area contributed by atoms with E-state index < -0.39 is 6.17 Å². The van der Waals surface area contributed by atoms with Crippen molar-refractivity contribution in [1.29, 1.82) is 0 Å². The fourth-order valence-electron chi connectivity index (χ4n) is 4.24. The molecule has 6 heteroatoms. The summed E-state index contributed by atoms with van der Waals surface area (Å²) in [5.41, 5.74) is 2.50. The number of benzene rings is 3.